The number of hydrogen-bond donors (Lipinski definition) is 9. The van der Waals surface area contributed by atoms with Gasteiger partial charge in [0.1, 0.15) is 36.5 Å². The van der Waals surface area contributed by atoms with Gasteiger partial charge in [-0.25, -0.2) is 4.79 Å². The standard InChI is InChI=1S/C46H59N9O7/c47-25-11-10-20-37(52-43(59)38(27-31-13-4-1-5-14-31)53-41(57)36(48)19-12-26-51-46(49)50)42(58)54-39(28-32-15-6-2-7-16-32)44(60)55-40(29-33-21-23-35(56)24-22-33)45(61)62-30-34-17-8-3-9-18-34/h1-9,13-18,21-24,36-40,56H,10-12,19-20,25-30,47-48H2,(H,52,59)(H,53,57)(H,54,58)(H,55,60)(H4,49,50,51)/t36-,37-,38-,39-,40-/m0/s1. The van der Waals surface area contributed by atoms with Crippen molar-refractivity contribution in [2.24, 2.45) is 27.9 Å². The van der Waals surface area contributed by atoms with Gasteiger partial charge in [0.05, 0.1) is 6.04 Å². The van der Waals surface area contributed by atoms with E-state index in [1.807, 2.05) is 42.5 Å². The van der Waals surface area contributed by atoms with E-state index < -0.39 is 59.8 Å². The summed E-state index contributed by atoms with van der Waals surface area (Å²) in [5.41, 5.74) is 25.6. The van der Waals surface area contributed by atoms with Crippen molar-refractivity contribution in [2.45, 2.75) is 88.2 Å². The fraction of sp³-hybridized carbons (Fsp3) is 0.348. The molecule has 0 saturated heterocycles. The first-order chi connectivity index (χ1) is 29.9. The summed E-state index contributed by atoms with van der Waals surface area (Å²) in [7, 11) is 0. The molecular weight excluding hydrogens is 791 g/mol. The molecule has 4 aromatic carbocycles. The number of rotatable bonds is 25. The second kappa shape index (κ2) is 25.8. The van der Waals surface area contributed by atoms with Gasteiger partial charge in [0.15, 0.2) is 5.96 Å². The molecule has 0 aliphatic carbocycles. The van der Waals surface area contributed by atoms with E-state index in [-0.39, 0.29) is 57.0 Å². The maximum absolute atomic E-state index is 14.3. The summed E-state index contributed by atoms with van der Waals surface area (Å²) in [4.78, 5) is 73.5. The van der Waals surface area contributed by atoms with Crippen LogP contribution in [0, 0.1) is 0 Å². The maximum Gasteiger partial charge on any atom is 0.329 e. The van der Waals surface area contributed by atoms with Gasteiger partial charge in [-0.3, -0.25) is 24.2 Å². The average molecular weight is 850 g/mol. The lowest BCUT2D eigenvalue weighted by Crippen LogP contribution is -2.59. The second-order valence-electron chi connectivity index (χ2n) is 14.9. The molecular formula is C46H59N9O7. The van der Waals surface area contributed by atoms with Crippen molar-refractivity contribution in [3.8, 4) is 5.75 Å². The minimum absolute atomic E-state index is 0.0257. The number of amides is 4. The highest BCUT2D eigenvalue weighted by Crippen LogP contribution is 2.14. The van der Waals surface area contributed by atoms with Crippen LogP contribution in [0.2, 0.25) is 0 Å². The summed E-state index contributed by atoms with van der Waals surface area (Å²) in [6, 6.07) is 27.8. The summed E-state index contributed by atoms with van der Waals surface area (Å²) < 4.78 is 5.64. The van der Waals surface area contributed by atoms with E-state index in [1.165, 1.54) is 12.1 Å². The molecule has 16 nitrogen and oxygen atoms in total. The van der Waals surface area contributed by atoms with Gasteiger partial charge in [0.2, 0.25) is 23.6 Å². The zero-order chi connectivity index (χ0) is 44.7. The second-order valence-corrected chi connectivity index (χ2v) is 14.9. The van der Waals surface area contributed by atoms with E-state index in [0.29, 0.717) is 31.4 Å². The summed E-state index contributed by atoms with van der Waals surface area (Å²) in [5.74, 6) is -3.28. The number of nitrogens with two attached hydrogens (primary N) is 4. The number of phenols is 1. The smallest absolute Gasteiger partial charge is 0.329 e. The Morgan fingerprint density at radius 3 is 1.53 bits per heavy atom. The Bertz CT molecular complexity index is 2030. The van der Waals surface area contributed by atoms with Gasteiger partial charge in [0, 0.05) is 25.8 Å². The average Bonchev–Trinajstić information content (AvgIpc) is 3.27. The van der Waals surface area contributed by atoms with E-state index in [9.17, 15) is 29.1 Å². The number of phenolic OH excluding ortho intramolecular Hbond substituents is 1. The van der Waals surface area contributed by atoms with Gasteiger partial charge in [-0.15, -0.1) is 0 Å². The topological polar surface area (TPSA) is 279 Å². The third kappa shape index (κ3) is 17.1. The highest BCUT2D eigenvalue weighted by Gasteiger charge is 2.32. The molecule has 0 aliphatic rings. The first-order valence-electron chi connectivity index (χ1n) is 20.7. The molecule has 4 amide bonds. The number of aromatic hydroxyl groups is 1. The lowest BCUT2D eigenvalue weighted by molar-refractivity contribution is -0.149. The zero-order valence-electron chi connectivity index (χ0n) is 34.8. The van der Waals surface area contributed by atoms with Gasteiger partial charge in [0.25, 0.3) is 0 Å². The molecule has 4 aromatic rings. The molecule has 62 heavy (non-hydrogen) atoms. The van der Waals surface area contributed by atoms with Crippen LogP contribution in [0.25, 0.3) is 0 Å². The number of nitrogens with one attached hydrogen (secondary N) is 4. The number of unbranched alkanes of at least 4 members (excludes halogenated alkanes) is 1. The maximum atomic E-state index is 14.3. The molecule has 0 spiro atoms. The first-order valence-corrected chi connectivity index (χ1v) is 20.7. The zero-order valence-corrected chi connectivity index (χ0v) is 34.8. The van der Waals surface area contributed by atoms with Crippen LogP contribution in [0.4, 0.5) is 0 Å². The van der Waals surface area contributed by atoms with Crippen molar-refractivity contribution in [2.75, 3.05) is 13.1 Å². The van der Waals surface area contributed by atoms with Crippen molar-refractivity contribution < 1.29 is 33.8 Å². The summed E-state index contributed by atoms with van der Waals surface area (Å²) >= 11 is 0. The molecule has 0 unspecified atom stereocenters. The van der Waals surface area contributed by atoms with Crippen LogP contribution >= 0.6 is 0 Å². The lowest BCUT2D eigenvalue weighted by Gasteiger charge is -2.27. The van der Waals surface area contributed by atoms with Crippen LogP contribution in [0.15, 0.2) is 120 Å². The molecule has 330 valence electrons. The summed E-state index contributed by atoms with van der Waals surface area (Å²) in [5, 5.41) is 21.1. The highest BCUT2D eigenvalue weighted by atomic mass is 16.5. The van der Waals surface area contributed by atoms with E-state index in [1.54, 1.807) is 60.7 Å². The molecule has 0 heterocycles. The van der Waals surface area contributed by atoms with Gasteiger partial charge in [-0.1, -0.05) is 103 Å². The minimum Gasteiger partial charge on any atom is -0.508 e. The van der Waals surface area contributed by atoms with Gasteiger partial charge < -0.3 is 54.0 Å². The van der Waals surface area contributed by atoms with Gasteiger partial charge in [-0.05, 0) is 73.0 Å². The molecule has 5 atom stereocenters. The van der Waals surface area contributed by atoms with E-state index in [4.69, 9.17) is 27.7 Å². The molecule has 0 bridgehead atoms. The van der Waals surface area contributed by atoms with Crippen LogP contribution in [0.3, 0.4) is 0 Å². The third-order valence-electron chi connectivity index (χ3n) is 9.92. The number of carbonyl (C=O) groups excluding carboxylic acids is 5. The monoisotopic (exact) mass is 849 g/mol. The number of aliphatic imine (C=N–C) groups is 1. The predicted molar refractivity (Wildman–Crippen MR) is 237 cm³/mol. The molecule has 0 aliphatic heterocycles. The van der Waals surface area contributed by atoms with Crippen molar-refractivity contribution in [3.63, 3.8) is 0 Å². The van der Waals surface area contributed by atoms with E-state index >= 15 is 0 Å². The Morgan fingerprint density at radius 2 is 1.00 bits per heavy atom. The molecule has 0 aromatic heterocycles. The van der Waals surface area contributed by atoms with Crippen molar-refractivity contribution in [1.82, 2.24) is 21.3 Å². The minimum atomic E-state index is -1.21. The molecule has 0 fully saturated rings. The number of hydrogen-bond acceptors (Lipinski definition) is 10. The predicted octanol–water partition coefficient (Wildman–Crippen LogP) is 1.61. The van der Waals surface area contributed by atoms with Crippen molar-refractivity contribution in [3.05, 3.63) is 138 Å². The SMILES string of the molecule is NCCCC[C@H](NC(=O)[C@H](Cc1ccccc1)NC(=O)[C@@H](N)CCCN=C(N)N)C(=O)N[C@@H](Cc1ccccc1)C(=O)N[C@@H](Cc1ccc(O)cc1)C(=O)OCc1ccccc1. The number of carbonyl (C=O) groups is 5. The molecule has 16 heteroatoms. The fourth-order valence-electron chi connectivity index (χ4n) is 6.52. The van der Waals surface area contributed by atoms with Crippen LogP contribution in [0.5, 0.6) is 5.75 Å². The quantitative estimate of drug-likeness (QED) is 0.0200. The highest BCUT2D eigenvalue weighted by molar-refractivity contribution is 5.95. The van der Waals surface area contributed by atoms with Crippen molar-refractivity contribution >= 4 is 35.6 Å². The Labute approximate surface area is 362 Å². The first kappa shape index (κ1) is 47.9. The third-order valence-corrected chi connectivity index (χ3v) is 9.92. The molecule has 0 radical (unpaired) electrons. The lowest BCUT2D eigenvalue weighted by atomic mass is 10.0. The van der Waals surface area contributed by atoms with Crippen molar-refractivity contribution in [1.29, 1.82) is 0 Å². The Hall–Kier alpha value is -6.78. The van der Waals surface area contributed by atoms with Crippen LogP contribution in [-0.4, -0.2) is 84.0 Å². The summed E-state index contributed by atoms with van der Waals surface area (Å²) in [6.07, 6.45) is 2.02. The van der Waals surface area contributed by atoms with Gasteiger partial charge >= 0.3 is 5.97 Å². The van der Waals surface area contributed by atoms with Gasteiger partial charge in [-0.2, -0.15) is 0 Å². The Kier molecular flexibility index (Phi) is 19.9. The summed E-state index contributed by atoms with van der Waals surface area (Å²) in [6.45, 7) is 0.586. The normalized spacial score (nSPS) is 13.3. The molecule has 4 rings (SSSR count). The Balaban J connectivity index is 1.57. The molecule has 13 N–H and O–H groups in total. The van der Waals surface area contributed by atoms with Crippen LogP contribution in [-0.2, 0) is 54.6 Å². The molecule has 0 saturated carbocycles. The van der Waals surface area contributed by atoms with E-state index in [0.717, 1.165) is 16.7 Å². The van der Waals surface area contributed by atoms with Crippen LogP contribution in [0.1, 0.15) is 54.4 Å². The largest absolute Gasteiger partial charge is 0.508 e. The number of guanidine groups is 1. The number of esters is 1. The number of benzene rings is 4. The fourth-order valence-corrected chi connectivity index (χ4v) is 6.52. The van der Waals surface area contributed by atoms with Crippen LogP contribution < -0.4 is 44.2 Å². The number of ether oxygens (including phenoxy) is 1. The van der Waals surface area contributed by atoms with E-state index in [2.05, 4.69) is 26.3 Å². The Morgan fingerprint density at radius 1 is 0.548 bits per heavy atom. The number of nitrogens with zero attached hydrogens (tertiary/aromatic N) is 1.